The van der Waals surface area contributed by atoms with Gasteiger partial charge in [-0.3, -0.25) is 9.89 Å². The highest BCUT2D eigenvalue weighted by Gasteiger charge is 2.43. The van der Waals surface area contributed by atoms with Crippen molar-refractivity contribution in [3.05, 3.63) is 0 Å². The van der Waals surface area contributed by atoms with Crippen molar-refractivity contribution in [1.82, 2.24) is 15.1 Å². The molecule has 0 amide bonds. The highest BCUT2D eigenvalue weighted by atomic mass is 16.5. The van der Waals surface area contributed by atoms with Crippen molar-refractivity contribution < 1.29 is 4.74 Å². The topological polar surface area (TPSA) is 40.1 Å². The molecule has 0 radical (unpaired) electrons. The van der Waals surface area contributed by atoms with E-state index in [4.69, 9.17) is 4.74 Å². The fourth-order valence-corrected chi connectivity index (χ4v) is 4.02. The Hall–Kier alpha value is -0.810. The Morgan fingerprint density at radius 2 is 1.95 bits per heavy atom. The SMILES string of the molecule is CN=C(NCCCCN1CCOCC1)N1CCC2(CCC2)C1. The number of nitrogens with one attached hydrogen (secondary N) is 1. The summed E-state index contributed by atoms with van der Waals surface area (Å²) in [5.41, 5.74) is 0.647. The third-order valence-corrected chi connectivity index (χ3v) is 5.65. The molecule has 0 atom stereocenters. The summed E-state index contributed by atoms with van der Waals surface area (Å²) < 4.78 is 5.39. The number of hydrogen-bond acceptors (Lipinski definition) is 3. The Labute approximate surface area is 135 Å². The van der Waals surface area contributed by atoms with Crippen LogP contribution in [0.5, 0.6) is 0 Å². The van der Waals surface area contributed by atoms with E-state index < -0.39 is 0 Å². The minimum atomic E-state index is 0.647. The second kappa shape index (κ2) is 7.64. The summed E-state index contributed by atoms with van der Waals surface area (Å²) >= 11 is 0. The fourth-order valence-electron chi connectivity index (χ4n) is 4.02. The summed E-state index contributed by atoms with van der Waals surface area (Å²) in [6.07, 6.45) is 8.13. The Bertz CT molecular complexity index is 375. The maximum atomic E-state index is 5.39. The summed E-state index contributed by atoms with van der Waals surface area (Å²) in [7, 11) is 1.92. The van der Waals surface area contributed by atoms with Crippen LogP contribution in [0.1, 0.15) is 38.5 Å². The smallest absolute Gasteiger partial charge is 0.193 e. The van der Waals surface area contributed by atoms with Gasteiger partial charge in [-0.25, -0.2) is 0 Å². The monoisotopic (exact) mass is 308 g/mol. The molecule has 3 fully saturated rings. The highest BCUT2D eigenvalue weighted by Crippen LogP contribution is 2.47. The molecule has 2 heterocycles. The molecule has 1 N–H and O–H groups in total. The molecule has 3 aliphatic rings. The van der Waals surface area contributed by atoms with Crippen LogP contribution in [-0.4, -0.2) is 75.3 Å². The molecule has 2 aliphatic heterocycles. The molecule has 3 rings (SSSR count). The number of morpholine rings is 1. The van der Waals surface area contributed by atoms with E-state index in [0.29, 0.717) is 5.41 Å². The number of unbranched alkanes of at least 4 members (excludes halogenated alkanes) is 1. The first-order valence-corrected chi connectivity index (χ1v) is 9.07. The average molecular weight is 308 g/mol. The van der Waals surface area contributed by atoms with Crippen LogP contribution in [0.2, 0.25) is 0 Å². The van der Waals surface area contributed by atoms with E-state index in [1.54, 1.807) is 0 Å². The van der Waals surface area contributed by atoms with Crippen molar-refractivity contribution in [2.75, 3.05) is 59.5 Å². The number of nitrogens with zero attached hydrogens (tertiary/aromatic N) is 3. The van der Waals surface area contributed by atoms with Crippen molar-refractivity contribution in [2.45, 2.75) is 38.5 Å². The van der Waals surface area contributed by atoms with Gasteiger partial charge in [-0.2, -0.15) is 0 Å². The van der Waals surface area contributed by atoms with Gasteiger partial charge in [-0.05, 0) is 44.1 Å². The van der Waals surface area contributed by atoms with E-state index in [0.717, 1.165) is 38.8 Å². The normalized spacial score (nSPS) is 25.5. The van der Waals surface area contributed by atoms with Crippen LogP contribution in [0.3, 0.4) is 0 Å². The number of ether oxygens (including phenoxy) is 1. The third-order valence-electron chi connectivity index (χ3n) is 5.65. The van der Waals surface area contributed by atoms with E-state index >= 15 is 0 Å². The zero-order chi connectivity index (χ0) is 15.3. The van der Waals surface area contributed by atoms with Crippen LogP contribution < -0.4 is 5.32 Å². The van der Waals surface area contributed by atoms with Gasteiger partial charge < -0.3 is 15.0 Å². The predicted molar refractivity (Wildman–Crippen MR) is 90.3 cm³/mol. The van der Waals surface area contributed by atoms with Crippen molar-refractivity contribution in [3.8, 4) is 0 Å². The van der Waals surface area contributed by atoms with Gasteiger partial charge in [0.15, 0.2) is 5.96 Å². The molecule has 0 unspecified atom stereocenters. The zero-order valence-electron chi connectivity index (χ0n) is 14.1. The first-order chi connectivity index (χ1) is 10.8. The maximum Gasteiger partial charge on any atom is 0.193 e. The number of guanidine groups is 1. The lowest BCUT2D eigenvalue weighted by molar-refractivity contribution is 0.0372. The van der Waals surface area contributed by atoms with Gasteiger partial charge in [0.2, 0.25) is 0 Å². The van der Waals surface area contributed by atoms with Crippen molar-refractivity contribution in [3.63, 3.8) is 0 Å². The van der Waals surface area contributed by atoms with Crippen LogP contribution in [0.15, 0.2) is 4.99 Å². The largest absolute Gasteiger partial charge is 0.379 e. The molecule has 1 saturated carbocycles. The summed E-state index contributed by atoms with van der Waals surface area (Å²) in [5, 5.41) is 3.57. The van der Waals surface area contributed by atoms with Crippen LogP contribution in [0.4, 0.5) is 0 Å². The summed E-state index contributed by atoms with van der Waals surface area (Å²) in [6, 6.07) is 0. The van der Waals surface area contributed by atoms with Crippen molar-refractivity contribution in [1.29, 1.82) is 0 Å². The zero-order valence-corrected chi connectivity index (χ0v) is 14.1. The molecule has 0 aromatic rings. The second-order valence-electron chi connectivity index (χ2n) is 7.16. The predicted octanol–water partition coefficient (Wildman–Crippen LogP) is 1.55. The molecule has 1 aliphatic carbocycles. The molecule has 22 heavy (non-hydrogen) atoms. The fraction of sp³-hybridized carbons (Fsp3) is 0.941. The van der Waals surface area contributed by atoms with Crippen LogP contribution in [0, 0.1) is 5.41 Å². The van der Waals surface area contributed by atoms with E-state index in [1.165, 1.54) is 58.2 Å². The Morgan fingerprint density at radius 1 is 1.14 bits per heavy atom. The molecular weight excluding hydrogens is 276 g/mol. The lowest BCUT2D eigenvalue weighted by Gasteiger charge is -2.38. The lowest BCUT2D eigenvalue weighted by atomic mass is 9.68. The van der Waals surface area contributed by atoms with Crippen LogP contribution in [0.25, 0.3) is 0 Å². The lowest BCUT2D eigenvalue weighted by Crippen LogP contribution is -2.43. The quantitative estimate of drug-likeness (QED) is 0.475. The van der Waals surface area contributed by atoms with Gasteiger partial charge in [-0.15, -0.1) is 0 Å². The van der Waals surface area contributed by atoms with Gasteiger partial charge >= 0.3 is 0 Å². The summed E-state index contributed by atoms with van der Waals surface area (Å²) in [6.45, 7) is 8.67. The van der Waals surface area contributed by atoms with Gasteiger partial charge in [0.05, 0.1) is 13.2 Å². The minimum Gasteiger partial charge on any atom is -0.379 e. The molecule has 1 spiro atoms. The van der Waals surface area contributed by atoms with Gasteiger partial charge in [0, 0.05) is 39.8 Å². The average Bonchev–Trinajstić information content (AvgIpc) is 2.97. The van der Waals surface area contributed by atoms with Gasteiger partial charge in [-0.1, -0.05) is 6.42 Å². The first kappa shape index (κ1) is 16.1. The molecule has 0 aromatic carbocycles. The molecule has 5 nitrogen and oxygen atoms in total. The van der Waals surface area contributed by atoms with E-state index in [9.17, 15) is 0 Å². The summed E-state index contributed by atoms with van der Waals surface area (Å²) in [5.74, 6) is 1.12. The number of hydrogen-bond donors (Lipinski definition) is 1. The molecule has 126 valence electrons. The Morgan fingerprint density at radius 3 is 2.59 bits per heavy atom. The number of aliphatic imine (C=N–C) groups is 1. The molecule has 0 bridgehead atoms. The third kappa shape index (κ3) is 3.93. The first-order valence-electron chi connectivity index (χ1n) is 9.07. The molecule has 0 aromatic heterocycles. The Balaban J connectivity index is 1.30. The van der Waals surface area contributed by atoms with Gasteiger partial charge in [0.1, 0.15) is 0 Å². The molecule has 5 heteroatoms. The highest BCUT2D eigenvalue weighted by molar-refractivity contribution is 5.80. The Kier molecular flexibility index (Phi) is 5.58. The van der Waals surface area contributed by atoms with E-state index in [-0.39, 0.29) is 0 Å². The van der Waals surface area contributed by atoms with Crippen molar-refractivity contribution >= 4 is 5.96 Å². The summed E-state index contributed by atoms with van der Waals surface area (Å²) in [4.78, 5) is 9.47. The van der Waals surface area contributed by atoms with Gasteiger partial charge in [0.25, 0.3) is 0 Å². The van der Waals surface area contributed by atoms with E-state index in [1.807, 2.05) is 7.05 Å². The molecular formula is C17H32N4O. The molecule has 2 saturated heterocycles. The second-order valence-corrected chi connectivity index (χ2v) is 7.16. The van der Waals surface area contributed by atoms with Crippen molar-refractivity contribution in [2.24, 2.45) is 10.4 Å². The standard InChI is InChI=1S/C17H32N4O/c1-18-16(21-10-7-17(15-21)5-4-6-17)19-8-2-3-9-20-11-13-22-14-12-20/h2-15H2,1H3,(H,18,19). The van der Waals surface area contributed by atoms with Crippen LogP contribution >= 0.6 is 0 Å². The maximum absolute atomic E-state index is 5.39. The number of rotatable bonds is 5. The minimum absolute atomic E-state index is 0.647. The van der Waals surface area contributed by atoms with E-state index in [2.05, 4.69) is 20.1 Å². The van der Waals surface area contributed by atoms with Crippen LogP contribution in [-0.2, 0) is 4.74 Å². The number of likely N-dealkylation sites (tertiary alicyclic amines) is 1.